The van der Waals surface area contributed by atoms with E-state index < -0.39 is 0 Å². The fraction of sp³-hybridized carbons (Fsp3) is 0.154. The van der Waals surface area contributed by atoms with Gasteiger partial charge in [0.2, 0.25) is 0 Å². The molecule has 0 aliphatic carbocycles. The van der Waals surface area contributed by atoms with Gasteiger partial charge in [-0.3, -0.25) is 5.41 Å². The van der Waals surface area contributed by atoms with Crippen LogP contribution in [0.2, 0.25) is 0 Å². The summed E-state index contributed by atoms with van der Waals surface area (Å²) in [6.45, 7) is 2.69. The van der Waals surface area contributed by atoms with Crippen LogP contribution in [0.3, 0.4) is 0 Å². The van der Waals surface area contributed by atoms with E-state index in [2.05, 4.69) is 18.2 Å². The molecule has 2 rings (SSSR count). The molecule has 0 unspecified atom stereocenters. The highest BCUT2D eigenvalue weighted by molar-refractivity contribution is 6.03. The summed E-state index contributed by atoms with van der Waals surface area (Å²) in [5.74, 6) is 0.0823. The molecule has 0 amide bonds. The Balaban J connectivity index is 2.63. The lowest BCUT2D eigenvalue weighted by atomic mass is 10.1. The van der Waals surface area contributed by atoms with Gasteiger partial charge in [0.15, 0.2) is 5.96 Å². The molecule has 0 saturated heterocycles. The van der Waals surface area contributed by atoms with E-state index in [0.29, 0.717) is 6.54 Å². The molecule has 0 fully saturated rings. The number of nitrogens with two attached hydrogens (primary N) is 1. The zero-order chi connectivity index (χ0) is 11.5. The molecule has 0 bridgehead atoms. The van der Waals surface area contributed by atoms with Crippen LogP contribution in [0.15, 0.2) is 42.5 Å². The second kappa shape index (κ2) is 4.23. The van der Waals surface area contributed by atoms with E-state index in [1.54, 1.807) is 4.90 Å². The van der Waals surface area contributed by atoms with E-state index in [1.165, 1.54) is 5.39 Å². The van der Waals surface area contributed by atoms with Crippen molar-refractivity contribution in [3.05, 3.63) is 42.5 Å². The zero-order valence-electron chi connectivity index (χ0n) is 9.27. The lowest BCUT2D eigenvalue weighted by molar-refractivity contribution is 1.04. The summed E-state index contributed by atoms with van der Waals surface area (Å²) in [4.78, 5) is 1.79. The molecule has 2 aromatic carbocycles. The van der Waals surface area contributed by atoms with Crippen LogP contribution in [0.25, 0.3) is 10.8 Å². The standard InChI is InChI=1S/C13H15N3/c1-2-16(13(14)15)12-9-5-7-10-6-3-4-8-11(10)12/h3-9H,2H2,1H3,(H3,14,15). The van der Waals surface area contributed by atoms with Gasteiger partial charge in [-0.1, -0.05) is 36.4 Å². The van der Waals surface area contributed by atoms with Gasteiger partial charge in [-0.05, 0) is 18.4 Å². The molecule has 16 heavy (non-hydrogen) atoms. The van der Waals surface area contributed by atoms with Crippen LogP contribution < -0.4 is 10.6 Å². The van der Waals surface area contributed by atoms with Crippen LogP contribution in [0.5, 0.6) is 0 Å². The van der Waals surface area contributed by atoms with E-state index in [0.717, 1.165) is 11.1 Å². The predicted octanol–water partition coefficient (Wildman–Crippen LogP) is 2.56. The average molecular weight is 213 g/mol. The van der Waals surface area contributed by atoms with Gasteiger partial charge in [0.05, 0.1) is 5.69 Å². The van der Waals surface area contributed by atoms with Gasteiger partial charge in [0.1, 0.15) is 0 Å². The van der Waals surface area contributed by atoms with Gasteiger partial charge in [-0.15, -0.1) is 0 Å². The molecule has 3 heteroatoms. The number of fused-ring (bicyclic) bond motifs is 1. The van der Waals surface area contributed by atoms with Crippen LogP contribution >= 0.6 is 0 Å². The maximum absolute atomic E-state index is 7.57. The molecular formula is C13H15N3. The topological polar surface area (TPSA) is 53.1 Å². The van der Waals surface area contributed by atoms with E-state index in [4.69, 9.17) is 11.1 Å². The van der Waals surface area contributed by atoms with Gasteiger partial charge in [-0.2, -0.15) is 0 Å². The van der Waals surface area contributed by atoms with Crippen molar-refractivity contribution >= 4 is 22.4 Å². The van der Waals surface area contributed by atoms with E-state index in [1.807, 2.05) is 31.2 Å². The van der Waals surface area contributed by atoms with E-state index in [-0.39, 0.29) is 5.96 Å². The molecule has 0 aliphatic rings. The normalized spacial score (nSPS) is 10.3. The van der Waals surface area contributed by atoms with Crippen LogP contribution in [0.1, 0.15) is 6.92 Å². The quantitative estimate of drug-likeness (QED) is 0.595. The summed E-state index contributed by atoms with van der Waals surface area (Å²) < 4.78 is 0. The van der Waals surface area contributed by atoms with E-state index in [9.17, 15) is 0 Å². The number of anilines is 1. The highest BCUT2D eigenvalue weighted by Gasteiger charge is 2.09. The summed E-state index contributed by atoms with van der Waals surface area (Å²) in [5, 5.41) is 9.86. The van der Waals surface area contributed by atoms with Gasteiger partial charge >= 0.3 is 0 Å². The molecule has 0 aromatic heterocycles. The number of nitrogens with zero attached hydrogens (tertiary/aromatic N) is 1. The van der Waals surface area contributed by atoms with Crippen molar-refractivity contribution in [2.75, 3.05) is 11.4 Å². The van der Waals surface area contributed by atoms with E-state index >= 15 is 0 Å². The Bertz CT molecular complexity index is 514. The predicted molar refractivity (Wildman–Crippen MR) is 68.9 cm³/mol. The fourth-order valence-corrected chi connectivity index (χ4v) is 1.91. The minimum absolute atomic E-state index is 0.0823. The van der Waals surface area contributed by atoms with Crippen LogP contribution in [-0.4, -0.2) is 12.5 Å². The van der Waals surface area contributed by atoms with Crippen molar-refractivity contribution in [1.29, 1.82) is 5.41 Å². The molecule has 82 valence electrons. The van der Waals surface area contributed by atoms with Crippen molar-refractivity contribution in [2.24, 2.45) is 5.73 Å². The van der Waals surface area contributed by atoms with Crippen molar-refractivity contribution in [3.8, 4) is 0 Å². The SMILES string of the molecule is CCN(C(=N)N)c1cccc2ccccc12. The second-order valence-corrected chi connectivity index (χ2v) is 3.63. The highest BCUT2D eigenvalue weighted by Crippen LogP contribution is 2.26. The Kier molecular flexibility index (Phi) is 2.77. The minimum atomic E-state index is 0.0823. The summed E-state index contributed by atoms with van der Waals surface area (Å²) >= 11 is 0. The Morgan fingerprint density at radius 1 is 1.19 bits per heavy atom. The molecule has 0 atom stereocenters. The average Bonchev–Trinajstić information content (AvgIpc) is 2.30. The van der Waals surface area contributed by atoms with Crippen LogP contribution in [-0.2, 0) is 0 Å². The fourth-order valence-electron chi connectivity index (χ4n) is 1.91. The first kappa shape index (κ1) is 10.5. The molecule has 0 saturated carbocycles. The van der Waals surface area contributed by atoms with Crippen molar-refractivity contribution < 1.29 is 0 Å². The molecule has 2 aromatic rings. The first-order valence-corrected chi connectivity index (χ1v) is 5.33. The third kappa shape index (κ3) is 1.72. The number of guanidine groups is 1. The molecule has 3 nitrogen and oxygen atoms in total. The van der Waals surface area contributed by atoms with Crippen molar-refractivity contribution in [3.63, 3.8) is 0 Å². The van der Waals surface area contributed by atoms with Crippen molar-refractivity contribution in [2.45, 2.75) is 6.92 Å². The van der Waals surface area contributed by atoms with Gasteiger partial charge < -0.3 is 10.6 Å². The summed E-state index contributed by atoms with van der Waals surface area (Å²) in [5.41, 5.74) is 6.57. The minimum Gasteiger partial charge on any atom is -0.370 e. The number of hydrogen-bond donors (Lipinski definition) is 2. The Morgan fingerprint density at radius 3 is 2.56 bits per heavy atom. The maximum atomic E-state index is 7.57. The molecule has 0 spiro atoms. The third-order valence-electron chi connectivity index (χ3n) is 2.66. The van der Waals surface area contributed by atoms with Gasteiger partial charge in [0.25, 0.3) is 0 Å². The van der Waals surface area contributed by atoms with Crippen molar-refractivity contribution in [1.82, 2.24) is 0 Å². The lowest BCUT2D eigenvalue weighted by Gasteiger charge is -2.22. The maximum Gasteiger partial charge on any atom is 0.192 e. The lowest BCUT2D eigenvalue weighted by Crippen LogP contribution is -2.36. The molecule has 3 N–H and O–H groups in total. The van der Waals surface area contributed by atoms with Gasteiger partial charge in [0, 0.05) is 11.9 Å². The first-order chi connectivity index (χ1) is 7.74. The summed E-state index contributed by atoms with van der Waals surface area (Å²) in [6, 6.07) is 14.2. The summed E-state index contributed by atoms with van der Waals surface area (Å²) in [7, 11) is 0. The van der Waals surface area contributed by atoms with Crippen LogP contribution in [0.4, 0.5) is 5.69 Å². The number of rotatable bonds is 2. The smallest absolute Gasteiger partial charge is 0.192 e. The highest BCUT2D eigenvalue weighted by atomic mass is 15.2. The number of benzene rings is 2. The first-order valence-electron chi connectivity index (χ1n) is 5.33. The number of hydrogen-bond acceptors (Lipinski definition) is 1. The molecular weight excluding hydrogens is 198 g/mol. The Hall–Kier alpha value is -2.03. The third-order valence-corrected chi connectivity index (χ3v) is 2.66. The monoisotopic (exact) mass is 213 g/mol. The zero-order valence-corrected chi connectivity index (χ0v) is 9.27. The second-order valence-electron chi connectivity index (χ2n) is 3.63. The number of nitrogens with one attached hydrogen (secondary N) is 1. The Morgan fingerprint density at radius 2 is 1.88 bits per heavy atom. The van der Waals surface area contributed by atoms with Crippen LogP contribution in [0, 0.1) is 5.41 Å². The van der Waals surface area contributed by atoms with Gasteiger partial charge in [-0.25, -0.2) is 0 Å². The Labute approximate surface area is 95.0 Å². The molecule has 0 heterocycles. The molecule has 0 aliphatic heterocycles. The summed E-state index contributed by atoms with van der Waals surface area (Å²) in [6.07, 6.45) is 0. The largest absolute Gasteiger partial charge is 0.370 e. The molecule has 0 radical (unpaired) electrons.